The van der Waals surface area contributed by atoms with E-state index >= 15 is 0 Å². The Hall–Kier alpha value is -3.04. The summed E-state index contributed by atoms with van der Waals surface area (Å²) in [5.74, 6) is -1.43. The minimum atomic E-state index is -4.68. The first-order valence-electron chi connectivity index (χ1n) is 5.86. The van der Waals surface area contributed by atoms with Crippen LogP contribution in [0.1, 0.15) is 16.2 Å². The van der Waals surface area contributed by atoms with Gasteiger partial charge in [0.1, 0.15) is 5.69 Å². The second-order valence-electron chi connectivity index (χ2n) is 4.27. The quantitative estimate of drug-likeness (QED) is 0.777. The molecule has 0 aliphatic carbocycles. The Bertz CT molecular complexity index is 875. The molecule has 0 aliphatic heterocycles. The molecular formula is C12H6F3N5O2. The number of carboxylic acids is 1. The maximum atomic E-state index is 12.6. The van der Waals surface area contributed by atoms with Crippen LogP contribution >= 0.6 is 0 Å². The fourth-order valence-electron chi connectivity index (χ4n) is 1.92. The smallest absolute Gasteiger partial charge is 0.436 e. The average molecular weight is 309 g/mol. The van der Waals surface area contributed by atoms with Gasteiger partial charge in [0.25, 0.3) is 0 Å². The third-order valence-electron chi connectivity index (χ3n) is 2.86. The fraction of sp³-hybridized carbons (Fsp3) is 0.0833. The monoisotopic (exact) mass is 309 g/mol. The molecule has 1 aromatic carbocycles. The van der Waals surface area contributed by atoms with E-state index in [4.69, 9.17) is 5.11 Å². The fourth-order valence-corrected chi connectivity index (χ4v) is 1.92. The Balaban J connectivity index is 2.30. The lowest BCUT2D eigenvalue weighted by atomic mass is 10.1. The van der Waals surface area contributed by atoms with Gasteiger partial charge in [0.05, 0.1) is 11.7 Å². The Morgan fingerprint density at radius 3 is 2.50 bits per heavy atom. The largest absolute Gasteiger partial charge is 0.476 e. The van der Waals surface area contributed by atoms with Crippen molar-refractivity contribution < 1.29 is 23.1 Å². The van der Waals surface area contributed by atoms with Crippen LogP contribution in [-0.2, 0) is 6.18 Å². The van der Waals surface area contributed by atoms with Gasteiger partial charge >= 0.3 is 12.1 Å². The molecule has 22 heavy (non-hydrogen) atoms. The Morgan fingerprint density at radius 1 is 1.14 bits per heavy atom. The molecule has 0 bridgehead atoms. The first-order chi connectivity index (χ1) is 10.4. The van der Waals surface area contributed by atoms with E-state index in [2.05, 4.69) is 20.5 Å². The highest BCUT2D eigenvalue weighted by molar-refractivity contribution is 5.98. The highest BCUT2D eigenvalue weighted by atomic mass is 19.4. The van der Waals surface area contributed by atoms with Gasteiger partial charge in [-0.3, -0.25) is 0 Å². The van der Waals surface area contributed by atoms with E-state index in [1.807, 2.05) is 0 Å². The van der Waals surface area contributed by atoms with Crippen molar-refractivity contribution in [1.29, 1.82) is 0 Å². The van der Waals surface area contributed by atoms with Crippen LogP contribution in [0.2, 0.25) is 0 Å². The number of halogens is 3. The molecule has 112 valence electrons. The van der Waals surface area contributed by atoms with Crippen molar-refractivity contribution in [1.82, 2.24) is 25.2 Å². The maximum Gasteiger partial charge on any atom is 0.436 e. The first-order valence-corrected chi connectivity index (χ1v) is 5.86. The van der Waals surface area contributed by atoms with Crippen LogP contribution in [0.25, 0.3) is 16.6 Å². The molecule has 2 aromatic heterocycles. The summed E-state index contributed by atoms with van der Waals surface area (Å²) in [6, 6.07) is 6.31. The molecule has 3 aromatic rings. The van der Waals surface area contributed by atoms with Crippen molar-refractivity contribution in [2.75, 3.05) is 0 Å². The predicted octanol–water partition coefficient (Wildman–Crippen LogP) is 1.93. The van der Waals surface area contributed by atoms with Gasteiger partial charge in [0, 0.05) is 5.39 Å². The number of fused-ring (bicyclic) bond motifs is 1. The molecule has 1 N–H and O–H groups in total. The van der Waals surface area contributed by atoms with E-state index in [-0.39, 0.29) is 5.69 Å². The highest BCUT2D eigenvalue weighted by Crippen LogP contribution is 2.29. The number of aromatic carboxylic acids is 1. The van der Waals surface area contributed by atoms with Gasteiger partial charge < -0.3 is 5.11 Å². The number of hydrogen-bond acceptors (Lipinski definition) is 5. The molecule has 7 nitrogen and oxygen atoms in total. The summed E-state index contributed by atoms with van der Waals surface area (Å²) >= 11 is 0. The molecule has 0 saturated carbocycles. The van der Waals surface area contributed by atoms with Gasteiger partial charge in [-0.2, -0.15) is 13.2 Å². The zero-order valence-corrected chi connectivity index (χ0v) is 10.6. The summed E-state index contributed by atoms with van der Waals surface area (Å²) in [6.07, 6.45) is -4.08. The normalized spacial score (nSPS) is 11.8. The first kappa shape index (κ1) is 13.9. The zero-order valence-electron chi connectivity index (χ0n) is 10.6. The van der Waals surface area contributed by atoms with Gasteiger partial charge in [0.15, 0.2) is 11.4 Å². The van der Waals surface area contributed by atoms with Gasteiger partial charge in [-0.1, -0.05) is 23.4 Å². The van der Waals surface area contributed by atoms with Crippen molar-refractivity contribution in [3.63, 3.8) is 0 Å². The van der Waals surface area contributed by atoms with E-state index < -0.39 is 23.5 Å². The number of rotatable bonds is 2. The molecule has 0 atom stereocenters. The minimum absolute atomic E-state index is 0.124. The lowest BCUT2D eigenvalue weighted by molar-refractivity contribution is -0.141. The molecule has 3 rings (SSSR count). The summed E-state index contributed by atoms with van der Waals surface area (Å²) in [7, 11) is 0. The molecule has 10 heteroatoms. The van der Waals surface area contributed by atoms with Crippen molar-refractivity contribution in [2.45, 2.75) is 6.18 Å². The van der Waals surface area contributed by atoms with Crippen molar-refractivity contribution in [3.05, 3.63) is 41.9 Å². The standard InChI is InChI=1S/C12H6F3N5O2/c13-12(14,15)8-5-20(19-17-8)10-6-3-1-2-4-7(6)16-18-9(10)11(21)22/h1-5H,(H,21,22). The Kier molecular flexibility index (Phi) is 3.01. The molecule has 0 radical (unpaired) electrons. The van der Waals surface area contributed by atoms with Gasteiger partial charge in [-0.25, -0.2) is 9.48 Å². The van der Waals surface area contributed by atoms with E-state index in [0.717, 1.165) is 4.68 Å². The van der Waals surface area contributed by atoms with Crippen LogP contribution < -0.4 is 0 Å². The number of alkyl halides is 3. The van der Waals surface area contributed by atoms with E-state index in [9.17, 15) is 18.0 Å². The summed E-state index contributed by atoms with van der Waals surface area (Å²) in [5.41, 5.74) is -1.55. The topological polar surface area (TPSA) is 93.8 Å². The summed E-state index contributed by atoms with van der Waals surface area (Å²) in [5, 5.41) is 23.1. The third kappa shape index (κ3) is 2.24. The number of aromatic nitrogens is 5. The number of hydrogen-bond donors (Lipinski definition) is 1. The maximum absolute atomic E-state index is 12.6. The molecule has 0 amide bonds. The van der Waals surface area contributed by atoms with Crippen LogP contribution in [0.5, 0.6) is 0 Å². The minimum Gasteiger partial charge on any atom is -0.476 e. The van der Waals surface area contributed by atoms with E-state index in [1.165, 1.54) is 6.07 Å². The van der Waals surface area contributed by atoms with Crippen LogP contribution in [-0.4, -0.2) is 36.3 Å². The number of nitrogens with zero attached hydrogens (tertiary/aromatic N) is 5. The number of carboxylic acid groups (broad SMARTS) is 1. The zero-order chi connectivity index (χ0) is 15.9. The van der Waals surface area contributed by atoms with Crippen molar-refractivity contribution in [3.8, 4) is 5.69 Å². The van der Waals surface area contributed by atoms with Gasteiger partial charge in [-0.05, 0) is 6.07 Å². The Morgan fingerprint density at radius 2 is 1.86 bits per heavy atom. The second-order valence-corrected chi connectivity index (χ2v) is 4.27. The summed E-state index contributed by atoms with van der Waals surface area (Å²) in [4.78, 5) is 11.3. The van der Waals surface area contributed by atoms with Crippen LogP contribution in [0, 0.1) is 0 Å². The van der Waals surface area contributed by atoms with Crippen LogP contribution in [0.3, 0.4) is 0 Å². The lowest BCUT2D eigenvalue weighted by Gasteiger charge is -2.07. The third-order valence-corrected chi connectivity index (χ3v) is 2.86. The highest BCUT2D eigenvalue weighted by Gasteiger charge is 2.35. The molecule has 0 saturated heterocycles. The molecule has 0 spiro atoms. The van der Waals surface area contributed by atoms with Gasteiger partial charge in [-0.15, -0.1) is 15.3 Å². The summed E-state index contributed by atoms with van der Waals surface area (Å²) in [6.45, 7) is 0. The van der Waals surface area contributed by atoms with E-state index in [0.29, 0.717) is 17.1 Å². The van der Waals surface area contributed by atoms with Crippen LogP contribution in [0.4, 0.5) is 13.2 Å². The molecule has 0 aliphatic rings. The second kappa shape index (κ2) is 4.76. The average Bonchev–Trinajstić information content (AvgIpc) is 2.95. The van der Waals surface area contributed by atoms with Crippen LogP contribution in [0.15, 0.2) is 30.5 Å². The number of benzene rings is 1. The number of carbonyl (C=O) groups is 1. The SMILES string of the molecule is O=C(O)c1nnc2ccccc2c1-n1cc(C(F)(F)F)nn1. The van der Waals surface area contributed by atoms with E-state index in [1.54, 1.807) is 18.2 Å². The molecular weight excluding hydrogens is 303 g/mol. The predicted molar refractivity (Wildman–Crippen MR) is 66.4 cm³/mol. The van der Waals surface area contributed by atoms with Crippen molar-refractivity contribution >= 4 is 16.9 Å². The Labute approximate surface area is 120 Å². The molecule has 0 fully saturated rings. The van der Waals surface area contributed by atoms with Gasteiger partial charge in [0.2, 0.25) is 0 Å². The molecule has 2 heterocycles. The van der Waals surface area contributed by atoms with Crippen molar-refractivity contribution in [2.24, 2.45) is 0 Å². The molecule has 0 unspecified atom stereocenters. The lowest BCUT2D eigenvalue weighted by Crippen LogP contribution is -2.11. The summed E-state index contributed by atoms with van der Waals surface area (Å²) < 4.78 is 38.6.